The molecule has 10 heteroatoms. The van der Waals surface area contributed by atoms with Gasteiger partial charge in [-0.2, -0.15) is 0 Å². The van der Waals surface area contributed by atoms with Gasteiger partial charge in [0.25, 0.3) is 0 Å². The van der Waals surface area contributed by atoms with E-state index < -0.39 is 0 Å². The van der Waals surface area contributed by atoms with E-state index in [0.717, 1.165) is 47.3 Å². The number of ether oxygens (including phenoxy) is 1. The number of nitrogens with zero attached hydrogens (tertiary/aromatic N) is 8. The third kappa shape index (κ3) is 4.27. The summed E-state index contributed by atoms with van der Waals surface area (Å²) in [5, 5.41) is 12.1. The Morgan fingerprint density at radius 1 is 1.00 bits per heavy atom. The highest BCUT2D eigenvalue weighted by Crippen LogP contribution is 2.33. The zero-order valence-electron chi connectivity index (χ0n) is 21.6. The van der Waals surface area contributed by atoms with Crippen LogP contribution >= 0.6 is 0 Å². The van der Waals surface area contributed by atoms with Gasteiger partial charge in [0.05, 0.1) is 31.0 Å². The Balaban J connectivity index is 1.58. The second-order valence-corrected chi connectivity index (χ2v) is 9.74. The van der Waals surface area contributed by atoms with Crippen molar-refractivity contribution in [1.82, 2.24) is 34.1 Å². The van der Waals surface area contributed by atoms with E-state index in [4.69, 9.17) is 19.7 Å². The molecule has 4 aromatic heterocycles. The molecule has 1 aromatic carbocycles. The maximum Gasteiger partial charge on any atom is 0.203 e. The largest absolute Gasteiger partial charge is 0.378 e. The van der Waals surface area contributed by atoms with Crippen LogP contribution in [0.5, 0.6) is 0 Å². The minimum atomic E-state index is 0.0159. The highest BCUT2D eigenvalue weighted by Gasteiger charge is 2.23. The Bertz CT molecular complexity index is 1550. The highest BCUT2D eigenvalue weighted by molar-refractivity contribution is 5.83. The molecule has 0 amide bonds. The molecule has 1 fully saturated rings. The van der Waals surface area contributed by atoms with Gasteiger partial charge in [-0.05, 0) is 33.3 Å². The average molecular weight is 498 g/mol. The molecule has 0 aliphatic carbocycles. The number of aryl methyl sites for hydroxylation is 1. The molecule has 0 radical (unpaired) electrons. The second-order valence-electron chi connectivity index (χ2n) is 9.74. The van der Waals surface area contributed by atoms with Gasteiger partial charge in [0.1, 0.15) is 22.9 Å². The predicted octanol–water partition coefficient (Wildman–Crippen LogP) is 4.11. The van der Waals surface area contributed by atoms with Crippen molar-refractivity contribution in [2.75, 3.05) is 36.5 Å². The van der Waals surface area contributed by atoms with E-state index in [0.29, 0.717) is 24.7 Å². The standard InChI is InChI=1S/C27H31N9O/c1-17(2)29-25-27-33-32-19(4)35(27)16-22(30-25)26-31-21-15-28-24(34-10-12-37-13-11-34)14-23(21)36(26)18(3)20-8-6-5-7-9-20/h5-9,14-18H,10-13H2,1-4H3,(H,29,30). The van der Waals surface area contributed by atoms with Crippen LogP contribution < -0.4 is 10.2 Å². The molecule has 1 aliphatic rings. The molecule has 37 heavy (non-hydrogen) atoms. The Hall–Kier alpha value is -4.05. The fourth-order valence-electron chi connectivity index (χ4n) is 4.89. The van der Waals surface area contributed by atoms with E-state index >= 15 is 0 Å². The molecule has 5 aromatic rings. The molecule has 1 atom stereocenters. The number of anilines is 2. The molecule has 1 saturated heterocycles. The number of nitrogens with one attached hydrogen (secondary N) is 1. The Morgan fingerprint density at radius 2 is 1.78 bits per heavy atom. The lowest BCUT2D eigenvalue weighted by Crippen LogP contribution is -2.36. The Kier molecular flexibility index (Phi) is 5.96. The first-order chi connectivity index (χ1) is 18.0. The monoisotopic (exact) mass is 497 g/mol. The van der Waals surface area contributed by atoms with Crippen LogP contribution in [0, 0.1) is 6.92 Å². The van der Waals surface area contributed by atoms with Crippen LogP contribution in [0.4, 0.5) is 11.6 Å². The summed E-state index contributed by atoms with van der Waals surface area (Å²) in [5.41, 5.74) is 4.48. The Labute approximate surface area is 215 Å². The van der Waals surface area contributed by atoms with Gasteiger partial charge in [0, 0.05) is 31.4 Å². The van der Waals surface area contributed by atoms with E-state index in [1.54, 1.807) is 0 Å². The Morgan fingerprint density at radius 3 is 2.54 bits per heavy atom. The first-order valence-corrected chi connectivity index (χ1v) is 12.7. The molecule has 10 nitrogen and oxygen atoms in total. The molecular formula is C27H31N9O. The van der Waals surface area contributed by atoms with Gasteiger partial charge in [-0.3, -0.25) is 4.40 Å². The summed E-state index contributed by atoms with van der Waals surface area (Å²) in [7, 11) is 0. The molecular weight excluding hydrogens is 466 g/mol. The average Bonchev–Trinajstić information content (AvgIpc) is 3.49. The molecule has 6 rings (SSSR count). The third-order valence-corrected chi connectivity index (χ3v) is 6.78. The molecule has 0 spiro atoms. The first kappa shape index (κ1) is 23.4. The summed E-state index contributed by atoms with van der Waals surface area (Å²) in [6, 6.07) is 12.8. The van der Waals surface area contributed by atoms with Crippen molar-refractivity contribution < 1.29 is 4.74 Å². The van der Waals surface area contributed by atoms with Gasteiger partial charge in [0.2, 0.25) is 5.65 Å². The first-order valence-electron chi connectivity index (χ1n) is 12.7. The summed E-state index contributed by atoms with van der Waals surface area (Å²) in [5.74, 6) is 3.18. The normalized spacial score (nSPS) is 15.1. The van der Waals surface area contributed by atoms with Crippen LogP contribution in [-0.2, 0) is 4.74 Å². The zero-order chi connectivity index (χ0) is 25.5. The fraction of sp³-hybridized carbons (Fsp3) is 0.370. The lowest BCUT2D eigenvalue weighted by atomic mass is 10.1. The van der Waals surface area contributed by atoms with Gasteiger partial charge >= 0.3 is 0 Å². The van der Waals surface area contributed by atoms with Gasteiger partial charge < -0.3 is 19.5 Å². The van der Waals surface area contributed by atoms with Crippen molar-refractivity contribution in [2.45, 2.75) is 39.8 Å². The van der Waals surface area contributed by atoms with Crippen molar-refractivity contribution in [3.63, 3.8) is 0 Å². The van der Waals surface area contributed by atoms with Crippen molar-refractivity contribution in [3.05, 3.63) is 60.2 Å². The zero-order valence-corrected chi connectivity index (χ0v) is 21.6. The van der Waals surface area contributed by atoms with Crippen LogP contribution in [0.2, 0.25) is 0 Å². The number of imidazole rings is 1. The van der Waals surface area contributed by atoms with Crippen LogP contribution in [0.3, 0.4) is 0 Å². The molecule has 1 N–H and O–H groups in total. The summed E-state index contributed by atoms with van der Waals surface area (Å²) in [6.07, 6.45) is 3.84. The number of fused-ring (bicyclic) bond motifs is 2. The minimum Gasteiger partial charge on any atom is -0.378 e. The molecule has 190 valence electrons. The van der Waals surface area contributed by atoms with E-state index in [1.165, 1.54) is 5.56 Å². The van der Waals surface area contributed by atoms with E-state index in [1.807, 2.05) is 29.8 Å². The van der Waals surface area contributed by atoms with Crippen molar-refractivity contribution >= 4 is 28.3 Å². The third-order valence-electron chi connectivity index (χ3n) is 6.78. The van der Waals surface area contributed by atoms with Crippen molar-refractivity contribution in [1.29, 1.82) is 0 Å². The van der Waals surface area contributed by atoms with E-state index in [9.17, 15) is 0 Å². The molecule has 1 aliphatic heterocycles. The molecule has 0 bridgehead atoms. The van der Waals surface area contributed by atoms with Gasteiger partial charge in [0.15, 0.2) is 11.6 Å². The summed E-state index contributed by atoms with van der Waals surface area (Å²) < 4.78 is 9.79. The van der Waals surface area contributed by atoms with E-state index in [-0.39, 0.29) is 12.1 Å². The number of hydrogen-bond donors (Lipinski definition) is 1. The van der Waals surface area contributed by atoms with Gasteiger partial charge in [-0.1, -0.05) is 30.3 Å². The number of pyridine rings is 1. The molecule has 1 unspecified atom stereocenters. The SMILES string of the molecule is Cc1nnc2c(NC(C)C)nc(-c3nc4cnc(N5CCOCC5)cc4n3C(C)c3ccccc3)cn12. The maximum atomic E-state index is 5.55. The summed E-state index contributed by atoms with van der Waals surface area (Å²) >= 11 is 0. The van der Waals surface area contributed by atoms with Gasteiger partial charge in [-0.15, -0.1) is 10.2 Å². The second kappa shape index (κ2) is 9.44. The summed E-state index contributed by atoms with van der Waals surface area (Å²) in [6.45, 7) is 11.4. The maximum absolute atomic E-state index is 5.55. The number of rotatable bonds is 6. The van der Waals surface area contributed by atoms with Crippen LogP contribution in [0.25, 0.3) is 28.2 Å². The van der Waals surface area contributed by atoms with E-state index in [2.05, 4.69) is 76.1 Å². The fourth-order valence-corrected chi connectivity index (χ4v) is 4.89. The number of aromatic nitrogens is 7. The quantitative estimate of drug-likeness (QED) is 0.374. The van der Waals surface area contributed by atoms with Crippen LogP contribution in [0.1, 0.15) is 38.2 Å². The smallest absolute Gasteiger partial charge is 0.203 e. The topological polar surface area (TPSA) is 98.3 Å². The highest BCUT2D eigenvalue weighted by atomic mass is 16.5. The van der Waals surface area contributed by atoms with Crippen molar-refractivity contribution in [2.24, 2.45) is 0 Å². The molecule has 0 saturated carbocycles. The number of benzene rings is 1. The van der Waals surface area contributed by atoms with Crippen molar-refractivity contribution in [3.8, 4) is 11.5 Å². The summed E-state index contributed by atoms with van der Waals surface area (Å²) in [4.78, 5) is 17.1. The lowest BCUT2D eigenvalue weighted by molar-refractivity contribution is 0.122. The number of morpholine rings is 1. The van der Waals surface area contributed by atoms with Crippen LogP contribution in [0.15, 0.2) is 48.8 Å². The number of hydrogen-bond acceptors (Lipinski definition) is 8. The molecule has 5 heterocycles. The minimum absolute atomic E-state index is 0.0159. The van der Waals surface area contributed by atoms with Crippen LogP contribution in [-0.4, -0.2) is 66.5 Å². The van der Waals surface area contributed by atoms with Gasteiger partial charge in [-0.25, -0.2) is 15.0 Å². The predicted molar refractivity (Wildman–Crippen MR) is 144 cm³/mol. The lowest BCUT2D eigenvalue weighted by Gasteiger charge is -2.28.